The van der Waals surface area contributed by atoms with E-state index in [9.17, 15) is 0 Å². The van der Waals surface area contributed by atoms with E-state index in [1.54, 1.807) is 0 Å². The van der Waals surface area contributed by atoms with Gasteiger partial charge < -0.3 is 0 Å². The zero-order valence-electron chi connectivity index (χ0n) is 13.7. The molecule has 0 spiro atoms. The van der Waals surface area contributed by atoms with Gasteiger partial charge in [-0.1, -0.05) is 26.7 Å². The van der Waals surface area contributed by atoms with Gasteiger partial charge in [0.2, 0.25) is 0 Å². The minimum absolute atomic E-state index is 1.32. The topological polar surface area (TPSA) is 0 Å². The van der Waals surface area contributed by atoms with E-state index in [1.807, 2.05) is 0 Å². The first-order valence-corrected chi connectivity index (χ1v) is 18.0. The van der Waals surface area contributed by atoms with Gasteiger partial charge in [0, 0.05) is 0 Å². The first-order valence-electron chi connectivity index (χ1n) is 8.29. The predicted molar refractivity (Wildman–Crippen MR) is 91.3 cm³/mol. The number of hydrogen-bond donors (Lipinski definition) is 0. The van der Waals surface area contributed by atoms with Crippen LogP contribution in [-0.2, 0) is 0 Å². The molecule has 0 aliphatic heterocycles. The molecule has 0 radical (unpaired) electrons. The molecule has 0 unspecified atom stereocenters. The molecule has 0 heterocycles. The van der Waals surface area contributed by atoms with Gasteiger partial charge in [-0.25, -0.2) is 0 Å². The number of rotatable bonds is 10. The van der Waals surface area contributed by atoms with E-state index in [0.29, 0.717) is 0 Å². The Kier molecular flexibility index (Phi) is 19.2. The van der Waals surface area contributed by atoms with Gasteiger partial charge >= 0.3 is 98.8 Å². The second-order valence-electron chi connectivity index (χ2n) is 5.46. The van der Waals surface area contributed by atoms with Crippen LogP contribution in [0, 0.1) is 0 Å². The van der Waals surface area contributed by atoms with Crippen molar-refractivity contribution in [2.24, 2.45) is 0 Å². The van der Waals surface area contributed by atoms with Crippen molar-refractivity contribution in [3.8, 4) is 0 Å². The molecule has 0 aliphatic carbocycles. The van der Waals surface area contributed by atoms with E-state index < -0.39 is 17.3 Å². The SMILES string of the molecule is CCCC.CCC[CH2][Sn]([Cl])([CH2]CCC)[CH2]CCC. The first kappa shape index (κ1) is 21.4. The van der Waals surface area contributed by atoms with E-state index in [1.165, 1.54) is 64.7 Å². The van der Waals surface area contributed by atoms with Crippen molar-refractivity contribution in [3.63, 3.8) is 0 Å². The summed E-state index contributed by atoms with van der Waals surface area (Å²) >= 11 is -2.09. The summed E-state index contributed by atoms with van der Waals surface area (Å²) in [6.07, 6.45) is 10.8. The summed E-state index contributed by atoms with van der Waals surface area (Å²) in [5.41, 5.74) is 0. The Hall–Kier alpha value is 1.09. The molecule has 0 rings (SSSR count). The van der Waals surface area contributed by atoms with Crippen molar-refractivity contribution in [2.75, 3.05) is 0 Å². The minimum atomic E-state index is -2.09. The van der Waals surface area contributed by atoms with E-state index >= 15 is 0 Å². The van der Waals surface area contributed by atoms with Crippen molar-refractivity contribution in [1.82, 2.24) is 0 Å². The van der Waals surface area contributed by atoms with Crippen LogP contribution in [0.3, 0.4) is 0 Å². The molecule has 0 bridgehead atoms. The third-order valence-corrected chi connectivity index (χ3v) is 17.9. The van der Waals surface area contributed by atoms with Crippen molar-refractivity contribution < 1.29 is 0 Å². The van der Waals surface area contributed by atoms with Crippen molar-refractivity contribution in [1.29, 1.82) is 0 Å². The van der Waals surface area contributed by atoms with Gasteiger partial charge in [-0.05, 0) is 0 Å². The van der Waals surface area contributed by atoms with E-state index in [4.69, 9.17) is 8.92 Å². The van der Waals surface area contributed by atoms with Crippen molar-refractivity contribution in [3.05, 3.63) is 0 Å². The summed E-state index contributed by atoms with van der Waals surface area (Å²) in [7, 11) is 6.89. The van der Waals surface area contributed by atoms with Gasteiger partial charge in [0.25, 0.3) is 0 Å². The zero-order chi connectivity index (χ0) is 14.3. The second kappa shape index (κ2) is 16.1. The van der Waals surface area contributed by atoms with E-state index in [-0.39, 0.29) is 0 Å². The van der Waals surface area contributed by atoms with Crippen LogP contribution in [0.1, 0.15) is 86.0 Å². The predicted octanol–water partition coefficient (Wildman–Crippen LogP) is 7.38. The van der Waals surface area contributed by atoms with Crippen LogP contribution < -0.4 is 0 Å². The Morgan fingerprint density at radius 3 is 1.00 bits per heavy atom. The summed E-state index contributed by atoms with van der Waals surface area (Å²) < 4.78 is 4.27. The Morgan fingerprint density at radius 1 is 0.556 bits per heavy atom. The standard InChI is InChI=1S/C4H10.3C4H9.ClH.Sn/c4*1-3-4-2;;/h3-4H2,1-2H3;3*1,3-4H2,2H3;1H;/q;;;;;+1/p-1. The average molecular weight is 384 g/mol. The van der Waals surface area contributed by atoms with Gasteiger partial charge in [-0.3, -0.25) is 0 Å². The molecule has 0 atom stereocenters. The quantitative estimate of drug-likeness (QED) is 0.345. The molecule has 0 aromatic carbocycles. The summed E-state index contributed by atoms with van der Waals surface area (Å²) in [6.45, 7) is 11.2. The molecule has 0 saturated heterocycles. The maximum atomic E-state index is 6.89. The van der Waals surface area contributed by atoms with Crippen LogP contribution in [0.5, 0.6) is 0 Å². The van der Waals surface area contributed by atoms with Crippen LogP contribution in [0.25, 0.3) is 0 Å². The molecule has 112 valence electrons. The number of hydrogen-bond acceptors (Lipinski definition) is 0. The van der Waals surface area contributed by atoms with Gasteiger partial charge in [0.1, 0.15) is 0 Å². The molecule has 18 heavy (non-hydrogen) atoms. The molecular formula is C16H37ClSn. The molecule has 0 amide bonds. The molecule has 0 aromatic heterocycles. The van der Waals surface area contributed by atoms with Gasteiger partial charge in [-0.2, -0.15) is 0 Å². The molecule has 0 nitrogen and oxygen atoms in total. The van der Waals surface area contributed by atoms with Crippen LogP contribution >= 0.6 is 8.92 Å². The number of halogens is 1. The van der Waals surface area contributed by atoms with Crippen molar-refractivity contribution >= 4 is 26.2 Å². The Labute approximate surface area is 125 Å². The Morgan fingerprint density at radius 2 is 0.833 bits per heavy atom. The van der Waals surface area contributed by atoms with Gasteiger partial charge in [-0.15, -0.1) is 0 Å². The fourth-order valence-corrected chi connectivity index (χ4v) is 15.1. The first-order chi connectivity index (χ1) is 8.60. The average Bonchev–Trinajstić information content (AvgIpc) is 2.41. The van der Waals surface area contributed by atoms with Crippen LogP contribution in [0.15, 0.2) is 0 Å². The fourth-order valence-electron chi connectivity index (χ4n) is 1.86. The summed E-state index contributed by atoms with van der Waals surface area (Å²) in [5, 5.41) is 0. The zero-order valence-corrected chi connectivity index (χ0v) is 17.3. The molecule has 0 fully saturated rings. The second-order valence-corrected chi connectivity index (χ2v) is 21.7. The van der Waals surface area contributed by atoms with Crippen molar-refractivity contribution in [2.45, 2.75) is 99.3 Å². The molecule has 0 N–H and O–H groups in total. The molecule has 0 aromatic rings. The summed E-state index contributed by atoms with van der Waals surface area (Å²) in [6, 6.07) is 0. The third-order valence-electron chi connectivity index (χ3n) is 3.44. The maximum absolute atomic E-state index is 6.89. The molecule has 0 aliphatic rings. The Bertz CT molecular complexity index is 124. The normalized spacial score (nSPS) is 11.0. The summed E-state index contributed by atoms with van der Waals surface area (Å²) in [5.74, 6) is 0. The van der Waals surface area contributed by atoms with Crippen LogP contribution in [0.4, 0.5) is 0 Å². The molecule has 2 heteroatoms. The van der Waals surface area contributed by atoms with Crippen LogP contribution in [0.2, 0.25) is 13.3 Å². The molecular weight excluding hydrogens is 346 g/mol. The monoisotopic (exact) mass is 384 g/mol. The molecule has 0 saturated carbocycles. The van der Waals surface area contributed by atoms with Crippen LogP contribution in [-0.4, -0.2) is 17.3 Å². The van der Waals surface area contributed by atoms with Gasteiger partial charge in [0.05, 0.1) is 0 Å². The number of unbranched alkanes of at least 4 members (excludes halogenated alkanes) is 4. The summed E-state index contributed by atoms with van der Waals surface area (Å²) in [4.78, 5) is 0. The van der Waals surface area contributed by atoms with Gasteiger partial charge in [0.15, 0.2) is 0 Å². The van der Waals surface area contributed by atoms with E-state index in [0.717, 1.165) is 0 Å². The van der Waals surface area contributed by atoms with E-state index in [2.05, 4.69) is 34.6 Å². The third kappa shape index (κ3) is 15.1. The fraction of sp³-hybridized carbons (Fsp3) is 1.00. The Balaban J connectivity index is 0.